The lowest BCUT2D eigenvalue weighted by Crippen LogP contribution is -2.33. The monoisotopic (exact) mass is 181 g/mol. The minimum absolute atomic E-state index is 0.0708. The molecule has 1 N–H and O–H groups in total. The fraction of sp³-hybridized carbons (Fsp3) is 0.556. The quantitative estimate of drug-likeness (QED) is 0.607. The van der Waals surface area contributed by atoms with Gasteiger partial charge in [0, 0.05) is 13.0 Å². The molecule has 2 unspecified atom stereocenters. The lowest BCUT2D eigenvalue weighted by Gasteiger charge is -2.19. The van der Waals surface area contributed by atoms with Gasteiger partial charge in [-0.1, -0.05) is 5.92 Å². The molecule has 0 radical (unpaired) electrons. The predicted octanol–water partition coefficient (Wildman–Crippen LogP) is -0.0588. The largest absolute Gasteiger partial charge is 0.481 e. The summed E-state index contributed by atoms with van der Waals surface area (Å²) in [5.74, 6) is 0.716. The number of carboxylic acid groups (broad SMARTS) is 1. The predicted molar refractivity (Wildman–Crippen MR) is 45.8 cm³/mol. The number of terminal acetylenes is 1. The number of amides is 1. The van der Waals surface area contributed by atoms with E-state index in [1.807, 2.05) is 0 Å². The van der Waals surface area contributed by atoms with Gasteiger partial charge in [0.15, 0.2) is 0 Å². The fourth-order valence-electron chi connectivity index (χ4n) is 1.36. The Balaban J connectivity index is 2.68. The molecule has 0 aromatic carbocycles. The van der Waals surface area contributed by atoms with Crippen LogP contribution in [0.15, 0.2) is 0 Å². The number of carbonyl (C=O) groups is 2. The maximum Gasteiger partial charge on any atom is 0.308 e. The Morgan fingerprint density at radius 3 is 2.85 bits per heavy atom. The number of likely N-dealkylation sites (tertiary alicyclic amines) is 1. The van der Waals surface area contributed by atoms with Crippen LogP contribution in [0.3, 0.4) is 0 Å². The molecular formula is C9H11NO3. The molecule has 1 saturated heterocycles. The molecule has 2 atom stereocenters. The van der Waals surface area contributed by atoms with Crippen molar-refractivity contribution < 1.29 is 14.7 Å². The Kier molecular flexibility index (Phi) is 2.57. The van der Waals surface area contributed by atoms with Crippen molar-refractivity contribution in [2.45, 2.75) is 19.4 Å². The SMILES string of the molecule is C#CC(C)N1CC(C(=O)O)CC1=O. The van der Waals surface area contributed by atoms with E-state index in [1.165, 1.54) is 4.90 Å². The molecule has 0 aromatic rings. The number of carboxylic acids is 1. The van der Waals surface area contributed by atoms with Gasteiger partial charge in [0.25, 0.3) is 0 Å². The summed E-state index contributed by atoms with van der Waals surface area (Å²) in [6.07, 6.45) is 5.22. The van der Waals surface area contributed by atoms with E-state index in [-0.39, 0.29) is 24.9 Å². The standard InChI is InChI=1S/C9H11NO3/c1-3-6(2)10-5-7(9(12)13)4-8(10)11/h1,6-7H,4-5H2,2H3,(H,12,13). The third-order valence-electron chi connectivity index (χ3n) is 2.22. The molecule has 0 bridgehead atoms. The Morgan fingerprint density at radius 2 is 2.46 bits per heavy atom. The van der Waals surface area contributed by atoms with Gasteiger partial charge in [-0.05, 0) is 6.92 Å². The molecular weight excluding hydrogens is 170 g/mol. The molecule has 70 valence electrons. The first-order chi connectivity index (χ1) is 6.06. The third kappa shape index (κ3) is 1.81. The topological polar surface area (TPSA) is 57.6 Å². The van der Waals surface area contributed by atoms with Crippen LogP contribution in [-0.4, -0.2) is 34.5 Å². The summed E-state index contributed by atoms with van der Waals surface area (Å²) in [5.41, 5.74) is 0. The van der Waals surface area contributed by atoms with Crippen LogP contribution in [0.25, 0.3) is 0 Å². The van der Waals surface area contributed by atoms with Gasteiger partial charge in [-0.15, -0.1) is 6.42 Å². The van der Waals surface area contributed by atoms with Crippen LogP contribution in [-0.2, 0) is 9.59 Å². The number of carbonyl (C=O) groups excluding carboxylic acids is 1. The minimum Gasteiger partial charge on any atom is -0.481 e. The smallest absolute Gasteiger partial charge is 0.308 e. The van der Waals surface area contributed by atoms with E-state index < -0.39 is 11.9 Å². The van der Waals surface area contributed by atoms with Crippen molar-refractivity contribution in [3.8, 4) is 12.3 Å². The maximum absolute atomic E-state index is 11.3. The molecule has 1 amide bonds. The number of hydrogen-bond acceptors (Lipinski definition) is 2. The van der Waals surface area contributed by atoms with Crippen LogP contribution in [0.1, 0.15) is 13.3 Å². The van der Waals surface area contributed by atoms with E-state index in [1.54, 1.807) is 6.92 Å². The van der Waals surface area contributed by atoms with Gasteiger partial charge in [-0.2, -0.15) is 0 Å². The van der Waals surface area contributed by atoms with Crippen LogP contribution in [0.5, 0.6) is 0 Å². The average Bonchev–Trinajstić information content (AvgIpc) is 2.46. The summed E-state index contributed by atoms with van der Waals surface area (Å²) >= 11 is 0. The minimum atomic E-state index is -0.930. The van der Waals surface area contributed by atoms with Crippen LogP contribution in [0.4, 0.5) is 0 Å². The average molecular weight is 181 g/mol. The molecule has 0 spiro atoms. The molecule has 4 nitrogen and oxygen atoms in total. The van der Waals surface area contributed by atoms with Crippen molar-refractivity contribution >= 4 is 11.9 Å². The molecule has 1 aliphatic heterocycles. The number of nitrogens with zero attached hydrogens (tertiary/aromatic N) is 1. The second-order valence-corrected chi connectivity index (χ2v) is 3.13. The Hall–Kier alpha value is -1.50. The molecule has 1 rings (SSSR count). The highest BCUT2D eigenvalue weighted by molar-refractivity contribution is 5.86. The highest BCUT2D eigenvalue weighted by atomic mass is 16.4. The fourth-order valence-corrected chi connectivity index (χ4v) is 1.36. The molecule has 4 heteroatoms. The summed E-state index contributed by atoms with van der Waals surface area (Å²) in [7, 11) is 0. The van der Waals surface area contributed by atoms with Crippen molar-refractivity contribution in [2.75, 3.05) is 6.54 Å². The zero-order valence-corrected chi connectivity index (χ0v) is 7.36. The second-order valence-electron chi connectivity index (χ2n) is 3.13. The zero-order chi connectivity index (χ0) is 10.0. The summed E-state index contributed by atoms with van der Waals surface area (Å²) in [6, 6.07) is -0.308. The molecule has 0 saturated carbocycles. The van der Waals surface area contributed by atoms with Crippen LogP contribution >= 0.6 is 0 Å². The van der Waals surface area contributed by atoms with E-state index in [4.69, 9.17) is 11.5 Å². The van der Waals surface area contributed by atoms with E-state index in [0.29, 0.717) is 0 Å². The number of aliphatic carboxylic acids is 1. The normalized spacial score (nSPS) is 24.2. The first-order valence-electron chi connectivity index (χ1n) is 4.04. The van der Waals surface area contributed by atoms with Gasteiger partial charge >= 0.3 is 5.97 Å². The van der Waals surface area contributed by atoms with E-state index in [9.17, 15) is 9.59 Å². The van der Waals surface area contributed by atoms with E-state index in [2.05, 4.69) is 5.92 Å². The lowest BCUT2D eigenvalue weighted by molar-refractivity contribution is -0.141. The Bertz CT molecular complexity index is 279. The molecule has 0 aliphatic carbocycles. The molecule has 1 fully saturated rings. The van der Waals surface area contributed by atoms with Crippen LogP contribution < -0.4 is 0 Å². The van der Waals surface area contributed by atoms with Gasteiger partial charge in [0.1, 0.15) is 0 Å². The van der Waals surface area contributed by atoms with Crippen molar-refractivity contribution in [3.05, 3.63) is 0 Å². The molecule has 13 heavy (non-hydrogen) atoms. The molecule has 0 aromatic heterocycles. The van der Waals surface area contributed by atoms with Crippen molar-refractivity contribution in [1.82, 2.24) is 4.90 Å². The zero-order valence-electron chi connectivity index (χ0n) is 7.36. The lowest BCUT2D eigenvalue weighted by atomic mass is 10.1. The summed E-state index contributed by atoms with van der Waals surface area (Å²) in [4.78, 5) is 23.3. The Morgan fingerprint density at radius 1 is 1.85 bits per heavy atom. The van der Waals surface area contributed by atoms with Gasteiger partial charge in [0.05, 0.1) is 12.0 Å². The van der Waals surface area contributed by atoms with Crippen LogP contribution in [0, 0.1) is 18.3 Å². The summed E-state index contributed by atoms with van der Waals surface area (Å²) < 4.78 is 0. The van der Waals surface area contributed by atoms with Crippen molar-refractivity contribution in [2.24, 2.45) is 5.92 Å². The summed E-state index contributed by atoms with van der Waals surface area (Å²) in [6.45, 7) is 1.95. The molecule has 1 heterocycles. The van der Waals surface area contributed by atoms with Crippen LogP contribution in [0.2, 0.25) is 0 Å². The van der Waals surface area contributed by atoms with E-state index in [0.717, 1.165) is 0 Å². The molecule has 1 aliphatic rings. The van der Waals surface area contributed by atoms with E-state index >= 15 is 0 Å². The van der Waals surface area contributed by atoms with Gasteiger partial charge in [-0.3, -0.25) is 9.59 Å². The number of hydrogen-bond donors (Lipinski definition) is 1. The van der Waals surface area contributed by atoms with Gasteiger partial charge in [0.2, 0.25) is 5.91 Å². The first-order valence-corrected chi connectivity index (χ1v) is 4.04. The Labute approximate surface area is 76.5 Å². The van der Waals surface area contributed by atoms with Crippen molar-refractivity contribution in [1.29, 1.82) is 0 Å². The first kappa shape index (κ1) is 9.59. The maximum atomic E-state index is 11.3. The highest BCUT2D eigenvalue weighted by Gasteiger charge is 2.35. The third-order valence-corrected chi connectivity index (χ3v) is 2.22. The summed E-state index contributed by atoms with van der Waals surface area (Å²) in [5, 5.41) is 8.67. The number of rotatable bonds is 2. The second kappa shape index (κ2) is 3.48. The van der Waals surface area contributed by atoms with Gasteiger partial charge in [-0.25, -0.2) is 0 Å². The van der Waals surface area contributed by atoms with Crippen molar-refractivity contribution in [3.63, 3.8) is 0 Å². The highest BCUT2D eigenvalue weighted by Crippen LogP contribution is 2.19. The van der Waals surface area contributed by atoms with Gasteiger partial charge < -0.3 is 10.0 Å².